The van der Waals surface area contributed by atoms with Crippen LogP contribution in [-0.2, 0) is 15.8 Å². The maximum Gasteiger partial charge on any atom is 0.335 e. The zero-order valence-corrected chi connectivity index (χ0v) is 9.57. The molecular formula is C10H10N2O4S. The molecule has 6 nitrogen and oxygen atoms in total. The van der Waals surface area contributed by atoms with E-state index in [2.05, 4.69) is 4.72 Å². The molecule has 7 heteroatoms. The molecule has 0 aromatic heterocycles. The summed E-state index contributed by atoms with van der Waals surface area (Å²) >= 11 is 0. The fourth-order valence-electron chi connectivity index (χ4n) is 1.21. The number of hydrogen-bond acceptors (Lipinski definition) is 4. The fourth-order valence-corrected chi connectivity index (χ4v) is 2.21. The summed E-state index contributed by atoms with van der Waals surface area (Å²) in [5.74, 6) is -1.47. The van der Waals surface area contributed by atoms with Crippen molar-refractivity contribution in [2.24, 2.45) is 0 Å². The van der Waals surface area contributed by atoms with Crippen LogP contribution in [0.5, 0.6) is 0 Å². The average molecular weight is 254 g/mol. The van der Waals surface area contributed by atoms with Crippen molar-refractivity contribution in [3.8, 4) is 6.07 Å². The van der Waals surface area contributed by atoms with Gasteiger partial charge in [-0.05, 0) is 17.7 Å². The van der Waals surface area contributed by atoms with Gasteiger partial charge in [-0.25, -0.2) is 17.9 Å². The maximum absolute atomic E-state index is 11.4. The second-order valence-corrected chi connectivity index (χ2v) is 5.05. The number of sulfonamides is 1. The highest BCUT2D eigenvalue weighted by atomic mass is 32.2. The number of carboxylic acids is 1. The molecule has 0 spiro atoms. The number of nitrogens with zero attached hydrogens (tertiary/aromatic N) is 1. The molecule has 0 fully saturated rings. The van der Waals surface area contributed by atoms with Gasteiger partial charge >= 0.3 is 5.97 Å². The number of aromatic carboxylic acids is 1. The molecule has 0 saturated heterocycles. The van der Waals surface area contributed by atoms with Gasteiger partial charge in [0, 0.05) is 0 Å². The molecule has 0 aliphatic heterocycles. The molecule has 0 aliphatic carbocycles. The number of rotatable bonds is 5. The highest BCUT2D eigenvalue weighted by Gasteiger charge is 2.12. The summed E-state index contributed by atoms with van der Waals surface area (Å²) in [7, 11) is -3.60. The molecule has 0 amide bonds. The lowest BCUT2D eigenvalue weighted by atomic mass is 10.1. The number of carboxylic acid groups (broad SMARTS) is 1. The molecule has 0 aliphatic rings. The van der Waals surface area contributed by atoms with Gasteiger partial charge in [0.25, 0.3) is 0 Å². The summed E-state index contributed by atoms with van der Waals surface area (Å²) in [6, 6.07) is 7.30. The third-order valence-corrected chi connectivity index (χ3v) is 3.20. The Morgan fingerprint density at radius 1 is 1.47 bits per heavy atom. The molecule has 2 N–H and O–H groups in total. The number of nitrogens with one attached hydrogen (secondary N) is 1. The van der Waals surface area contributed by atoms with Crippen molar-refractivity contribution in [3.63, 3.8) is 0 Å². The molecular weight excluding hydrogens is 244 g/mol. The monoisotopic (exact) mass is 254 g/mol. The van der Waals surface area contributed by atoms with Gasteiger partial charge < -0.3 is 5.11 Å². The zero-order valence-electron chi connectivity index (χ0n) is 8.75. The van der Waals surface area contributed by atoms with Crippen LogP contribution in [0, 0.1) is 11.3 Å². The lowest BCUT2D eigenvalue weighted by Gasteiger charge is -2.04. The zero-order chi connectivity index (χ0) is 12.9. The van der Waals surface area contributed by atoms with Crippen LogP contribution in [0.1, 0.15) is 15.9 Å². The van der Waals surface area contributed by atoms with E-state index in [1.165, 1.54) is 24.3 Å². The number of hydrogen-bond donors (Lipinski definition) is 2. The third-order valence-electron chi connectivity index (χ3n) is 1.90. The number of benzene rings is 1. The maximum atomic E-state index is 11.4. The summed E-state index contributed by atoms with van der Waals surface area (Å²) < 4.78 is 24.9. The van der Waals surface area contributed by atoms with Gasteiger partial charge in [0.2, 0.25) is 10.0 Å². The molecule has 1 aromatic carbocycles. The molecule has 1 rings (SSSR count). The summed E-state index contributed by atoms with van der Waals surface area (Å²) in [6.45, 7) is -0.305. The molecule has 0 atom stereocenters. The van der Waals surface area contributed by atoms with Gasteiger partial charge in [0.05, 0.1) is 23.9 Å². The van der Waals surface area contributed by atoms with E-state index < -0.39 is 16.0 Å². The van der Waals surface area contributed by atoms with E-state index in [4.69, 9.17) is 10.4 Å². The van der Waals surface area contributed by atoms with Gasteiger partial charge in [-0.2, -0.15) is 5.26 Å². The second-order valence-electron chi connectivity index (χ2n) is 3.24. The second kappa shape index (κ2) is 5.43. The quantitative estimate of drug-likeness (QED) is 0.736. The van der Waals surface area contributed by atoms with E-state index in [1.807, 2.05) is 0 Å². The highest BCUT2D eigenvalue weighted by molar-refractivity contribution is 7.88. The van der Waals surface area contributed by atoms with Crippen LogP contribution in [0.25, 0.3) is 0 Å². The van der Waals surface area contributed by atoms with Crippen molar-refractivity contribution in [3.05, 3.63) is 35.4 Å². The van der Waals surface area contributed by atoms with Gasteiger partial charge in [0.15, 0.2) is 0 Å². The fraction of sp³-hybridized carbons (Fsp3) is 0.200. The van der Waals surface area contributed by atoms with Crippen LogP contribution in [0.4, 0.5) is 0 Å². The first-order valence-corrected chi connectivity index (χ1v) is 6.26. The van der Waals surface area contributed by atoms with Crippen LogP contribution < -0.4 is 4.72 Å². The summed E-state index contributed by atoms with van der Waals surface area (Å²) in [6.07, 6.45) is 0. The first-order valence-electron chi connectivity index (χ1n) is 4.61. The van der Waals surface area contributed by atoms with Crippen molar-refractivity contribution in [2.45, 2.75) is 5.75 Å². The predicted molar refractivity (Wildman–Crippen MR) is 59.6 cm³/mol. The Labute approximate surface area is 98.6 Å². The van der Waals surface area contributed by atoms with E-state index in [-0.39, 0.29) is 17.9 Å². The van der Waals surface area contributed by atoms with E-state index in [1.54, 1.807) is 6.07 Å². The molecule has 0 radical (unpaired) electrons. The highest BCUT2D eigenvalue weighted by Crippen LogP contribution is 2.08. The molecule has 0 heterocycles. The van der Waals surface area contributed by atoms with Crippen molar-refractivity contribution in [1.82, 2.24) is 4.72 Å². The Balaban J connectivity index is 2.85. The Kier molecular flexibility index (Phi) is 4.20. The Morgan fingerprint density at radius 3 is 2.76 bits per heavy atom. The van der Waals surface area contributed by atoms with Gasteiger partial charge in [-0.15, -0.1) is 0 Å². The predicted octanol–water partition coefficient (Wildman–Crippen LogP) is 0.328. The van der Waals surface area contributed by atoms with Crippen LogP contribution in [-0.4, -0.2) is 26.0 Å². The molecule has 90 valence electrons. The minimum atomic E-state index is -3.60. The molecule has 0 unspecified atom stereocenters. The molecule has 1 aromatic rings. The minimum Gasteiger partial charge on any atom is -0.478 e. The Hall–Kier alpha value is -1.91. The van der Waals surface area contributed by atoms with Crippen molar-refractivity contribution in [1.29, 1.82) is 5.26 Å². The van der Waals surface area contributed by atoms with Crippen LogP contribution >= 0.6 is 0 Å². The summed E-state index contributed by atoms with van der Waals surface area (Å²) in [4.78, 5) is 10.7. The van der Waals surface area contributed by atoms with E-state index in [0.717, 1.165) is 0 Å². The van der Waals surface area contributed by atoms with Gasteiger partial charge in [-0.3, -0.25) is 0 Å². The Bertz CT molecular complexity index is 560. The minimum absolute atomic E-state index is 0.0259. The topological polar surface area (TPSA) is 107 Å². The largest absolute Gasteiger partial charge is 0.478 e. The van der Waals surface area contributed by atoms with Gasteiger partial charge in [0.1, 0.15) is 0 Å². The lowest BCUT2D eigenvalue weighted by Crippen LogP contribution is -2.25. The number of nitriles is 1. The van der Waals surface area contributed by atoms with Crippen LogP contribution in [0.3, 0.4) is 0 Å². The third kappa shape index (κ3) is 4.22. The first kappa shape index (κ1) is 13.2. The van der Waals surface area contributed by atoms with E-state index in [9.17, 15) is 13.2 Å². The van der Waals surface area contributed by atoms with Crippen molar-refractivity contribution < 1.29 is 18.3 Å². The van der Waals surface area contributed by atoms with E-state index >= 15 is 0 Å². The first-order chi connectivity index (χ1) is 7.94. The molecule has 0 saturated carbocycles. The molecule has 0 bridgehead atoms. The SMILES string of the molecule is N#CCNS(=O)(=O)Cc1cccc(C(=O)O)c1. The van der Waals surface area contributed by atoms with E-state index in [0.29, 0.717) is 5.56 Å². The van der Waals surface area contributed by atoms with Gasteiger partial charge in [-0.1, -0.05) is 12.1 Å². The van der Waals surface area contributed by atoms with Crippen molar-refractivity contribution in [2.75, 3.05) is 6.54 Å². The summed E-state index contributed by atoms with van der Waals surface area (Å²) in [5.41, 5.74) is 0.383. The average Bonchev–Trinajstić information content (AvgIpc) is 2.26. The smallest absolute Gasteiger partial charge is 0.335 e. The van der Waals surface area contributed by atoms with Crippen LogP contribution in [0.15, 0.2) is 24.3 Å². The standard InChI is InChI=1S/C10H10N2O4S/c11-4-5-12-17(15,16)7-8-2-1-3-9(6-8)10(13)14/h1-3,6,12H,5,7H2,(H,13,14). The summed E-state index contributed by atoms with van der Waals surface area (Å²) in [5, 5.41) is 17.0. The molecule has 17 heavy (non-hydrogen) atoms. The van der Waals surface area contributed by atoms with Crippen LogP contribution in [0.2, 0.25) is 0 Å². The Morgan fingerprint density at radius 2 is 2.18 bits per heavy atom. The number of carbonyl (C=O) groups is 1. The lowest BCUT2D eigenvalue weighted by molar-refractivity contribution is 0.0696. The van der Waals surface area contributed by atoms with Crippen molar-refractivity contribution >= 4 is 16.0 Å². The normalized spacial score (nSPS) is 10.8.